The molecule has 1 N–H and O–H groups in total. The molecule has 1 aromatic carbocycles. The average molecular weight is 341 g/mol. The van der Waals surface area contributed by atoms with E-state index in [9.17, 15) is 8.42 Å². The van der Waals surface area contributed by atoms with Crippen LogP contribution in [0.5, 0.6) is 5.75 Å². The zero-order chi connectivity index (χ0) is 16.0. The fraction of sp³-hybridized carbons (Fsp3) is 0.267. The van der Waals surface area contributed by atoms with Gasteiger partial charge in [0.15, 0.2) is 0 Å². The molecule has 7 heteroatoms. The van der Waals surface area contributed by atoms with Gasteiger partial charge in [0.05, 0.1) is 16.5 Å². The van der Waals surface area contributed by atoms with Gasteiger partial charge in [-0.2, -0.15) is 0 Å². The Balaban J connectivity index is 2.07. The van der Waals surface area contributed by atoms with Crippen molar-refractivity contribution in [3.63, 3.8) is 0 Å². The topological polar surface area (TPSA) is 68.3 Å². The third-order valence-electron chi connectivity index (χ3n) is 2.87. The molecule has 0 amide bonds. The SMILES string of the molecule is CCCCOc1ccc(S(=O)(=O)Nc2ccc(Cl)cn2)cc1. The van der Waals surface area contributed by atoms with E-state index in [0.29, 0.717) is 17.4 Å². The van der Waals surface area contributed by atoms with Gasteiger partial charge in [0.25, 0.3) is 10.0 Å². The summed E-state index contributed by atoms with van der Waals surface area (Å²) in [6, 6.07) is 9.34. The highest BCUT2D eigenvalue weighted by atomic mass is 35.5. The van der Waals surface area contributed by atoms with Crippen molar-refractivity contribution < 1.29 is 13.2 Å². The molecule has 1 aromatic heterocycles. The maximum absolute atomic E-state index is 12.2. The lowest BCUT2D eigenvalue weighted by Gasteiger charge is -2.09. The van der Waals surface area contributed by atoms with E-state index in [1.165, 1.54) is 24.4 Å². The molecule has 1 heterocycles. The third kappa shape index (κ3) is 4.61. The Morgan fingerprint density at radius 1 is 1.18 bits per heavy atom. The predicted molar refractivity (Wildman–Crippen MR) is 86.9 cm³/mol. The van der Waals surface area contributed by atoms with Gasteiger partial charge in [0.2, 0.25) is 0 Å². The van der Waals surface area contributed by atoms with Crippen LogP contribution in [-0.4, -0.2) is 20.0 Å². The van der Waals surface area contributed by atoms with E-state index < -0.39 is 10.0 Å². The van der Waals surface area contributed by atoms with E-state index in [1.54, 1.807) is 18.2 Å². The zero-order valence-corrected chi connectivity index (χ0v) is 13.7. The summed E-state index contributed by atoms with van der Waals surface area (Å²) in [6.45, 7) is 2.70. The Hall–Kier alpha value is -1.79. The monoisotopic (exact) mass is 340 g/mol. The number of unbranched alkanes of at least 4 members (excludes halogenated alkanes) is 1. The van der Waals surface area contributed by atoms with Crippen LogP contribution in [0.4, 0.5) is 5.82 Å². The molecule has 22 heavy (non-hydrogen) atoms. The van der Waals surface area contributed by atoms with Crippen molar-refractivity contribution in [3.05, 3.63) is 47.6 Å². The highest BCUT2D eigenvalue weighted by Crippen LogP contribution is 2.19. The summed E-state index contributed by atoms with van der Waals surface area (Å²) in [5, 5.41) is 0.441. The molecule has 2 rings (SSSR count). The molecule has 0 saturated carbocycles. The van der Waals surface area contributed by atoms with Crippen molar-refractivity contribution in [1.82, 2.24) is 4.98 Å². The number of aromatic nitrogens is 1. The quantitative estimate of drug-likeness (QED) is 0.780. The standard InChI is InChI=1S/C15H17ClN2O3S/c1-2-3-10-21-13-5-7-14(8-6-13)22(19,20)18-15-9-4-12(16)11-17-15/h4-9,11H,2-3,10H2,1H3,(H,17,18). The van der Waals surface area contributed by atoms with Gasteiger partial charge < -0.3 is 4.74 Å². The van der Waals surface area contributed by atoms with Crippen LogP contribution in [0.25, 0.3) is 0 Å². The van der Waals surface area contributed by atoms with E-state index in [-0.39, 0.29) is 10.7 Å². The maximum atomic E-state index is 12.2. The zero-order valence-electron chi connectivity index (χ0n) is 12.1. The molecule has 2 aromatic rings. The molecule has 0 aliphatic heterocycles. The minimum atomic E-state index is -3.68. The molecular formula is C15H17ClN2O3S. The molecule has 0 unspecified atom stereocenters. The van der Waals surface area contributed by atoms with Crippen LogP contribution in [0.1, 0.15) is 19.8 Å². The Labute approximate surface area is 135 Å². The first-order valence-electron chi connectivity index (χ1n) is 6.88. The van der Waals surface area contributed by atoms with Gasteiger partial charge in [-0.25, -0.2) is 13.4 Å². The smallest absolute Gasteiger partial charge is 0.263 e. The van der Waals surface area contributed by atoms with Crippen LogP contribution in [0, 0.1) is 0 Å². The second kappa shape index (κ2) is 7.47. The summed E-state index contributed by atoms with van der Waals surface area (Å²) >= 11 is 5.72. The highest BCUT2D eigenvalue weighted by Gasteiger charge is 2.14. The Morgan fingerprint density at radius 2 is 1.91 bits per heavy atom. The molecule has 0 radical (unpaired) electrons. The van der Waals surface area contributed by atoms with Crippen molar-refractivity contribution in [1.29, 1.82) is 0 Å². The van der Waals surface area contributed by atoms with Gasteiger partial charge in [-0.1, -0.05) is 24.9 Å². The molecule has 0 aliphatic carbocycles. The third-order valence-corrected chi connectivity index (χ3v) is 4.46. The molecular weight excluding hydrogens is 324 g/mol. The lowest BCUT2D eigenvalue weighted by Crippen LogP contribution is -2.13. The molecule has 0 aliphatic rings. The van der Waals surface area contributed by atoms with Crippen molar-refractivity contribution >= 4 is 27.4 Å². The second-order valence-corrected chi connectivity index (χ2v) is 6.76. The number of anilines is 1. The van der Waals surface area contributed by atoms with Crippen LogP contribution in [-0.2, 0) is 10.0 Å². The molecule has 0 fully saturated rings. The first-order valence-corrected chi connectivity index (χ1v) is 8.74. The number of pyridine rings is 1. The number of sulfonamides is 1. The van der Waals surface area contributed by atoms with Gasteiger partial charge in [0, 0.05) is 6.20 Å². The first kappa shape index (κ1) is 16.6. The number of hydrogen-bond donors (Lipinski definition) is 1. The summed E-state index contributed by atoms with van der Waals surface area (Å²) in [5.41, 5.74) is 0. The molecule has 0 atom stereocenters. The van der Waals surface area contributed by atoms with Gasteiger partial charge in [0.1, 0.15) is 11.6 Å². The van der Waals surface area contributed by atoms with Crippen molar-refractivity contribution in [2.24, 2.45) is 0 Å². The summed E-state index contributed by atoms with van der Waals surface area (Å²) in [6.07, 6.45) is 3.39. The van der Waals surface area contributed by atoms with Crippen LogP contribution < -0.4 is 9.46 Å². The van der Waals surface area contributed by atoms with E-state index in [0.717, 1.165) is 12.8 Å². The minimum absolute atomic E-state index is 0.145. The highest BCUT2D eigenvalue weighted by molar-refractivity contribution is 7.92. The fourth-order valence-electron chi connectivity index (χ4n) is 1.68. The van der Waals surface area contributed by atoms with E-state index in [4.69, 9.17) is 16.3 Å². The van der Waals surface area contributed by atoms with Crippen molar-refractivity contribution in [2.75, 3.05) is 11.3 Å². The lowest BCUT2D eigenvalue weighted by atomic mass is 10.3. The van der Waals surface area contributed by atoms with Crippen LogP contribution in [0.3, 0.4) is 0 Å². The van der Waals surface area contributed by atoms with Gasteiger partial charge in [-0.05, 0) is 42.8 Å². The number of nitrogens with one attached hydrogen (secondary N) is 1. The molecule has 5 nitrogen and oxygen atoms in total. The summed E-state index contributed by atoms with van der Waals surface area (Å²) in [7, 11) is -3.68. The van der Waals surface area contributed by atoms with E-state index in [2.05, 4.69) is 16.6 Å². The number of halogens is 1. The summed E-state index contributed by atoms with van der Waals surface area (Å²) in [5.74, 6) is 0.865. The number of ether oxygens (including phenoxy) is 1. The normalized spacial score (nSPS) is 11.2. The van der Waals surface area contributed by atoms with E-state index >= 15 is 0 Å². The molecule has 0 spiro atoms. The van der Waals surface area contributed by atoms with Crippen LogP contribution in [0.15, 0.2) is 47.5 Å². The minimum Gasteiger partial charge on any atom is -0.494 e. The van der Waals surface area contributed by atoms with Crippen LogP contribution in [0.2, 0.25) is 5.02 Å². The first-order chi connectivity index (χ1) is 10.5. The summed E-state index contributed by atoms with van der Waals surface area (Å²) < 4.78 is 32.4. The van der Waals surface area contributed by atoms with Gasteiger partial charge in [-0.15, -0.1) is 0 Å². The number of hydrogen-bond acceptors (Lipinski definition) is 4. The fourth-order valence-corrected chi connectivity index (χ4v) is 2.80. The second-order valence-electron chi connectivity index (χ2n) is 4.64. The Morgan fingerprint density at radius 3 is 2.50 bits per heavy atom. The number of nitrogens with zero attached hydrogens (tertiary/aromatic N) is 1. The molecule has 0 saturated heterocycles. The largest absolute Gasteiger partial charge is 0.494 e. The Kier molecular flexibility index (Phi) is 5.63. The van der Waals surface area contributed by atoms with Crippen LogP contribution >= 0.6 is 11.6 Å². The Bertz CT molecular complexity index is 701. The lowest BCUT2D eigenvalue weighted by molar-refractivity contribution is 0.309. The van der Waals surface area contributed by atoms with Gasteiger partial charge >= 0.3 is 0 Å². The van der Waals surface area contributed by atoms with Crippen molar-refractivity contribution in [2.45, 2.75) is 24.7 Å². The number of rotatable bonds is 7. The maximum Gasteiger partial charge on any atom is 0.263 e. The van der Waals surface area contributed by atoms with Crippen molar-refractivity contribution in [3.8, 4) is 5.75 Å². The number of benzene rings is 1. The summed E-state index contributed by atoms with van der Waals surface area (Å²) in [4.78, 5) is 4.05. The molecule has 118 valence electrons. The predicted octanol–water partition coefficient (Wildman–Crippen LogP) is 3.71. The molecule has 0 bridgehead atoms. The van der Waals surface area contributed by atoms with E-state index in [1.807, 2.05) is 0 Å². The average Bonchev–Trinajstić information content (AvgIpc) is 2.50. The van der Waals surface area contributed by atoms with Gasteiger partial charge in [-0.3, -0.25) is 4.72 Å².